The molecule has 0 unspecified atom stereocenters. The predicted molar refractivity (Wildman–Crippen MR) is 130 cm³/mol. The molecular weight excluding hydrogens is 422 g/mol. The zero-order valence-corrected chi connectivity index (χ0v) is 19.4. The molecule has 0 heterocycles. The number of hydrogen-bond acceptors (Lipinski definition) is 5. The van der Waals surface area contributed by atoms with E-state index in [-0.39, 0.29) is 0 Å². The summed E-state index contributed by atoms with van der Waals surface area (Å²) in [6.45, 7) is 0. The summed E-state index contributed by atoms with van der Waals surface area (Å²) in [4.78, 5) is 11.5. The number of hydrogen-bond donors (Lipinski definition) is 2. The van der Waals surface area contributed by atoms with Gasteiger partial charge >= 0.3 is 5.97 Å². The Morgan fingerprint density at radius 2 is 1.34 bits per heavy atom. The molecule has 0 radical (unpaired) electrons. The van der Waals surface area contributed by atoms with Crippen molar-refractivity contribution in [3.8, 4) is 11.5 Å². The van der Waals surface area contributed by atoms with Crippen LogP contribution in [-0.2, 0) is 9.54 Å². The minimum absolute atomic E-state index is 0.497. The number of nitrogens with one attached hydrogen (secondary N) is 1. The molecule has 6 heteroatoms. The molecule has 2 N–H and O–H groups in total. The quantitative estimate of drug-likeness (QED) is 0.409. The highest BCUT2D eigenvalue weighted by Crippen LogP contribution is 2.49. The second kappa shape index (κ2) is 11.1. The number of aliphatic carboxylic acids is 1. The Kier molecular flexibility index (Phi) is 8.20. The molecule has 0 aromatic heterocycles. The maximum absolute atomic E-state index is 11.5. The summed E-state index contributed by atoms with van der Waals surface area (Å²) < 4.78 is 10.2. The fourth-order valence-corrected chi connectivity index (χ4v) is 5.36. The van der Waals surface area contributed by atoms with E-state index < -0.39 is 16.8 Å². The van der Waals surface area contributed by atoms with Crippen LogP contribution in [-0.4, -0.2) is 44.1 Å². The highest BCUT2D eigenvalue weighted by molar-refractivity contribution is 8.00. The number of carboxylic acid groups (broad SMARTS) is 1. The van der Waals surface area contributed by atoms with E-state index in [9.17, 15) is 9.90 Å². The first-order chi connectivity index (χ1) is 15.5. The second-order valence-electron chi connectivity index (χ2n) is 7.32. The van der Waals surface area contributed by atoms with Crippen molar-refractivity contribution >= 4 is 17.7 Å². The molecule has 0 saturated heterocycles. The monoisotopic (exact) mass is 451 g/mol. The number of ether oxygens (including phenoxy) is 2. The molecule has 3 aromatic rings. The van der Waals surface area contributed by atoms with Crippen LogP contribution in [0.2, 0.25) is 0 Å². The largest absolute Gasteiger partial charge is 0.497 e. The summed E-state index contributed by atoms with van der Waals surface area (Å²) in [6.07, 6.45) is 0.497. The topological polar surface area (TPSA) is 67.8 Å². The van der Waals surface area contributed by atoms with Crippen LogP contribution >= 0.6 is 11.8 Å². The van der Waals surface area contributed by atoms with Crippen molar-refractivity contribution < 1.29 is 19.4 Å². The van der Waals surface area contributed by atoms with Gasteiger partial charge in [-0.3, -0.25) is 4.79 Å². The number of thioether (sulfide) groups is 1. The summed E-state index contributed by atoms with van der Waals surface area (Å²) in [6, 6.07) is 25.9. The number of benzene rings is 3. The van der Waals surface area contributed by atoms with E-state index in [0.29, 0.717) is 12.2 Å². The highest BCUT2D eigenvalue weighted by Gasteiger charge is 2.37. The van der Waals surface area contributed by atoms with Gasteiger partial charge in [0.05, 0.1) is 19.0 Å². The molecule has 1 atom stereocenters. The molecule has 0 aliphatic heterocycles. The minimum atomic E-state index is -0.840. The van der Waals surface area contributed by atoms with Crippen molar-refractivity contribution in [2.45, 2.75) is 17.2 Å². The molecule has 168 valence electrons. The van der Waals surface area contributed by atoms with Gasteiger partial charge in [0.25, 0.3) is 0 Å². The molecule has 0 spiro atoms. The molecule has 32 heavy (non-hydrogen) atoms. The predicted octanol–water partition coefficient (Wildman–Crippen LogP) is 4.79. The second-order valence-corrected chi connectivity index (χ2v) is 8.63. The molecule has 3 aromatic carbocycles. The van der Waals surface area contributed by atoms with Gasteiger partial charge < -0.3 is 19.9 Å². The fourth-order valence-electron chi connectivity index (χ4n) is 3.80. The lowest BCUT2D eigenvalue weighted by Crippen LogP contribution is -2.35. The Labute approximate surface area is 193 Å². The van der Waals surface area contributed by atoms with Gasteiger partial charge in [0, 0.05) is 0 Å². The smallest absolute Gasteiger partial charge is 0.320 e. The number of likely N-dealkylation sites (N-methyl/N-ethyl adjacent to an activating group) is 1. The molecule has 0 saturated carbocycles. The molecule has 0 fully saturated rings. The van der Waals surface area contributed by atoms with E-state index in [2.05, 4.69) is 41.7 Å². The van der Waals surface area contributed by atoms with Crippen LogP contribution in [0, 0.1) is 0 Å². The van der Waals surface area contributed by atoms with Crippen molar-refractivity contribution in [1.29, 1.82) is 0 Å². The van der Waals surface area contributed by atoms with Crippen molar-refractivity contribution in [2.24, 2.45) is 0 Å². The molecule has 5 nitrogen and oxygen atoms in total. The van der Waals surface area contributed by atoms with Crippen LogP contribution < -0.4 is 14.8 Å². The average molecular weight is 452 g/mol. The van der Waals surface area contributed by atoms with Crippen LogP contribution in [0.25, 0.3) is 0 Å². The van der Waals surface area contributed by atoms with E-state index >= 15 is 0 Å². The van der Waals surface area contributed by atoms with Gasteiger partial charge in [0.2, 0.25) is 0 Å². The molecule has 0 bridgehead atoms. The third-order valence-corrected chi connectivity index (χ3v) is 7.13. The third kappa shape index (κ3) is 5.09. The van der Waals surface area contributed by atoms with Gasteiger partial charge in [-0.25, -0.2) is 0 Å². The van der Waals surface area contributed by atoms with E-state index in [1.807, 2.05) is 42.5 Å². The Morgan fingerprint density at radius 1 is 0.875 bits per heavy atom. The van der Waals surface area contributed by atoms with Crippen LogP contribution in [0.5, 0.6) is 11.5 Å². The Morgan fingerprint density at radius 3 is 1.75 bits per heavy atom. The van der Waals surface area contributed by atoms with Crippen LogP contribution in [0.1, 0.15) is 23.1 Å². The van der Waals surface area contributed by atoms with Gasteiger partial charge in [-0.05, 0) is 60.2 Å². The van der Waals surface area contributed by atoms with Gasteiger partial charge in [-0.1, -0.05) is 54.6 Å². The molecular formula is C26H29NO4S. The van der Waals surface area contributed by atoms with E-state index in [0.717, 1.165) is 28.2 Å². The SMILES string of the molecule is CN[C@@H](CCSC(c1ccccc1)(c1ccc(OC)cc1)c1ccc(OC)cc1)C(=O)O. The summed E-state index contributed by atoms with van der Waals surface area (Å²) in [5, 5.41) is 12.4. The zero-order valence-electron chi connectivity index (χ0n) is 18.6. The summed E-state index contributed by atoms with van der Waals surface area (Å²) >= 11 is 1.73. The minimum Gasteiger partial charge on any atom is -0.497 e. The first-order valence-corrected chi connectivity index (χ1v) is 11.4. The van der Waals surface area contributed by atoms with Crippen molar-refractivity contribution in [1.82, 2.24) is 5.32 Å². The number of carboxylic acids is 1. The summed E-state index contributed by atoms with van der Waals surface area (Å²) in [7, 11) is 4.99. The molecule has 0 aliphatic carbocycles. The van der Waals surface area contributed by atoms with E-state index in [1.54, 1.807) is 33.0 Å². The van der Waals surface area contributed by atoms with Crippen molar-refractivity contribution in [3.63, 3.8) is 0 Å². The van der Waals surface area contributed by atoms with Gasteiger partial charge in [-0.2, -0.15) is 0 Å². The van der Waals surface area contributed by atoms with Crippen LogP contribution in [0.3, 0.4) is 0 Å². The number of methoxy groups -OCH3 is 2. The summed E-state index contributed by atoms with van der Waals surface area (Å²) in [5.74, 6) is 1.38. The average Bonchev–Trinajstić information content (AvgIpc) is 2.85. The van der Waals surface area contributed by atoms with E-state index in [1.165, 1.54) is 0 Å². The van der Waals surface area contributed by atoms with E-state index in [4.69, 9.17) is 9.47 Å². The van der Waals surface area contributed by atoms with Gasteiger partial charge in [-0.15, -0.1) is 11.8 Å². The maximum Gasteiger partial charge on any atom is 0.320 e. The zero-order chi connectivity index (χ0) is 23.0. The summed E-state index contributed by atoms with van der Waals surface area (Å²) in [5.41, 5.74) is 3.31. The van der Waals surface area contributed by atoms with Crippen LogP contribution in [0.15, 0.2) is 78.9 Å². The molecule has 0 aliphatic rings. The third-order valence-electron chi connectivity index (χ3n) is 5.55. The lowest BCUT2D eigenvalue weighted by Gasteiger charge is -2.36. The molecule has 3 rings (SSSR count). The first-order valence-electron chi connectivity index (χ1n) is 10.4. The van der Waals surface area contributed by atoms with Crippen LogP contribution in [0.4, 0.5) is 0 Å². The van der Waals surface area contributed by atoms with Crippen molar-refractivity contribution in [3.05, 3.63) is 95.6 Å². The van der Waals surface area contributed by atoms with Gasteiger partial charge in [0.15, 0.2) is 0 Å². The lowest BCUT2D eigenvalue weighted by atomic mass is 9.84. The standard InChI is InChI=1S/C26H29NO4S/c1-27-24(25(28)29)17-18-32-26(19-7-5-4-6-8-19,20-9-13-22(30-2)14-10-20)21-11-15-23(31-3)16-12-21/h4-16,24,27H,17-18H2,1-3H3,(H,28,29)/t24-/m0/s1. The number of carbonyl (C=O) groups is 1. The maximum atomic E-state index is 11.5. The lowest BCUT2D eigenvalue weighted by molar-refractivity contribution is -0.139. The normalized spacial score (nSPS) is 12.2. The first kappa shape index (κ1) is 23.7. The fraction of sp³-hybridized carbons (Fsp3) is 0.269. The Bertz CT molecular complexity index is 943. The Balaban J connectivity index is 2.13. The Hall–Kier alpha value is -2.96. The van der Waals surface area contributed by atoms with Gasteiger partial charge in [0.1, 0.15) is 17.5 Å². The number of rotatable bonds is 11. The van der Waals surface area contributed by atoms with Crippen molar-refractivity contribution in [2.75, 3.05) is 27.0 Å². The molecule has 0 amide bonds. The highest BCUT2D eigenvalue weighted by atomic mass is 32.2.